The third-order valence-electron chi connectivity index (χ3n) is 5.67. The SMILES string of the molecule is CC(C)C[C@H](NC(=O)CCOCCNC(=O)OCC1c2ccccc2-c2ccccc21)C(=O)O. The van der Waals surface area contributed by atoms with Crippen LogP contribution in [0.5, 0.6) is 0 Å². The van der Waals surface area contributed by atoms with Gasteiger partial charge in [-0.05, 0) is 34.6 Å². The molecule has 0 saturated carbocycles. The van der Waals surface area contributed by atoms with Crippen LogP contribution in [0.4, 0.5) is 4.79 Å². The van der Waals surface area contributed by atoms with Gasteiger partial charge in [0.25, 0.3) is 0 Å². The summed E-state index contributed by atoms with van der Waals surface area (Å²) in [5.41, 5.74) is 4.64. The van der Waals surface area contributed by atoms with Crippen molar-refractivity contribution in [3.8, 4) is 11.1 Å². The van der Waals surface area contributed by atoms with Gasteiger partial charge in [0, 0.05) is 18.9 Å². The van der Waals surface area contributed by atoms with Crippen molar-refractivity contribution in [1.29, 1.82) is 0 Å². The Bertz CT molecular complexity index is 961. The van der Waals surface area contributed by atoms with E-state index in [0.29, 0.717) is 6.42 Å². The summed E-state index contributed by atoms with van der Waals surface area (Å²) in [5.74, 6) is -1.27. The Morgan fingerprint density at radius 3 is 2.18 bits per heavy atom. The fourth-order valence-corrected chi connectivity index (χ4v) is 4.10. The molecule has 0 radical (unpaired) electrons. The number of amides is 2. The Hall–Kier alpha value is -3.39. The zero-order chi connectivity index (χ0) is 24.5. The molecule has 0 aliphatic heterocycles. The molecule has 2 amide bonds. The van der Waals surface area contributed by atoms with E-state index in [0.717, 1.165) is 11.1 Å². The largest absolute Gasteiger partial charge is 0.480 e. The summed E-state index contributed by atoms with van der Waals surface area (Å²) in [4.78, 5) is 35.3. The van der Waals surface area contributed by atoms with Crippen LogP contribution in [0.15, 0.2) is 48.5 Å². The molecule has 0 heterocycles. The second kappa shape index (κ2) is 12.2. The Balaban J connectivity index is 1.33. The number of fused-ring (bicyclic) bond motifs is 3. The lowest BCUT2D eigenvalue weighted by molar-refractivity contribution is -0.142. The maximum Gasteiger partial charge on any atom is 0.407 e. The first kappa shape index (κ1) is 25.2. The molecule has 34 heavy (non-hydrogen) atoms. The predicted octanol–water partition coefficient (Wildman–Crippen LogP) is 3.55. The number of hydrogen-bond acceptors (Lipinski definition) is 5. The molecule has 0 bridgehead atoms. The fourth-order valence-electron chi connectivity index (χ4n) is 4.10. The molecule has 182 valence electrons. The maximum absolute atomic E-state index is 12.1. The summed E-state index contributed by atoms with van der Waals surface area (Å²) < 4.78 is 10.8. The lowest BCUT2D eigenvalue weighted by atomic mass is 9.98. The van der Waals surface area contributed by atoms with Gasteiger partial charge in [0.2, 0.25) is 5.91 Å². The van der Waals surface area contributed by atoms with Gasteiger partial charge in [-0.1, -0.05) is 62.4 Å². The Morgan fingerprint density at radius 1 is 0.971 bits per heavy atom. The highest BCUT2D eigenvalue weighted by Crippen LogP contribution is 2.44. The zero-order valence-electron chi connectivity index (χ0n) is 19.6. The van der Waals surface area contributed by atoms with E-state index < -0.39 is 18.1 Å². The number of hydrogen-bond donors (Lipinski definition) is 3. The molecule has 1 aliphatic carbocycles. The van der Waals surface area contributed by atoms with Gasteiger partial charge in [-0.2, -0.15) is 0 Å². The minimum absolute atomic E-state index is 0.00163. The fraction of sp³-hybridized carbons (Fsp3) is 0.423. The number of carbonyl (C=O) groups excluding carboxylic acids is 2. The first-order chi connectivity index (χ1) is 16.4. The number of aliphatic carboxylic acids is 1. The third kappa shape index (κ3) is 6.81. The third-order valence-corrected chi connectivity index (χ3v) is 5.67. The minimum atomic E-state index is -1.05. The van der Waals surface area contributed by atoms with E-state index in [1.54, 1.807) is 0 Å². The molecule has 2 aromatic rings. The molecule has 8 heteroatoms. The van der Waals surface area contributed by atoms with E-state index in [4.69, 9.17) is 9.47 Å². The second-order valence-electron chi connectivity index (χ2n) is 8.70. The average Bonchev–Trinajstić information content (AvgIpc) is 3.13. The highest BCUT2D eigenvalue weighted by Gasteiger charge is 2.29. The van der Waals surface area contributed by atoms with Crippen LogP contribution in [0.2, 0.25) is 0 Å². The molecular weight excluding hydrogens is 436 g/mol. The lowest BCUT2D eigenvalue weighted by Crippen LogP contribution is -2.42. The van der Waals surface area contributed by atoms with Gasteiger partial charge >= 0.3 is 12.1 Å². The van der Waals surface area contributed by atoms with Crippen LogP contribution in [0.3, 0.4) is 0 Å². The van der Waals surface area contributed by atoms with E-state index in [1.165, 1.54) is 11.1 Å². The van der Waals surface area contributed by atoms with Crippen molar-refractivity contribution in [3.05, 3.63) is 59.7 Å². The van der Waals surface area contributed by atoms with E-state index >= 15 is 0 Å². The van der Waals surface area contributed by atoms with Gasteiger partial charge in [-0.3, -0.25) is 4.79 Å². The molecule has 3 N–H and O–H groups in total. The van der Waals surface area contributed by atoms with Gasteiger partial charge in [-0.25, -0.2) is 9.59 Å². The zero-order valence-corrected chi connectivity index (χ0v) is 19.6. The second-order valence-corrected chi connectivity index (χ2v) is 8.70. The topological polar surface area (TPSA) is 114 Å². The van der Waals surface area contributed by atoms with Crippen molar-refractivity contribution in [2.24, 2.45) is 5.92 Å². The number of alkyl carbamates (subject to hydrolysis) is 1. The van der Waals surface area contributed by atoms with Crippen molar-refractivity contribution >= 4 is 18.0 Å². The summed E-state index contributed by atoms with van der Waals surface area (Å²) in [6.45, 7) is 4.62. The van der Waals surface area contributed by atoms with E-state index in [-0.39, 0.29) is 50.5 Å². The van der Waals surface area contributed by atoms with Crippen LogP contribution >= 0.6 is 0 Å². The summed E-state index contributed by atoms with van der Waals surface area (Å²) in [6.07, 6.45) is -0.111. The molecule has 0 spiro atoms. The number of carbonyl (C=O) groups is 3. The number of benzene rings is 2. The monoisotopic (exact) mass is 468 g/mol. The normalized spacial score (nSPS) is 13.1. The molecule has 3 rings (SSSR count). The van der Waals surface area contributed by atoms with Gasteiger partial charge in [-0.15, -0.1) is 0 Å². The molecule has 8 nitrogen and oxygen atoms in total. The molecule has 2 aromatic carbocycles. The molecule has 0 unspecified atom stereocenters. The first-order valence-electron chi connectivity index (χ1n) is 11.6. The molecular formula is C26H32N2O6. The van der Waals surface area contributed by atoms with Crippen LogP contribution in [0, 0.1) is 5.92 Å². The van der Waals surface area contributed by atoms with Crippen LogP contribution < -0.4 is 10.6 Å². The molecule has 0 saturated heterocycles. The molecule has 1 atom stereocenters. The maximum atomic E-state index is 12.1. The van der Waals surface area contributed by atoms with E-state index in [1.807, 2.05) is 38.1 Å². The van der Waals surface area contributed by atoms with E-state index in [9.17, 15) is 19.5 Å². The summed E-state index contributed by atoms with van der Waals surface area (Å²) in [5, 5.41) is 14.3. The Morgan fingerprint density at radius 2 is 1.59 bits per heavy atom. The smallest absolute Gasteiger partial charge is 0.407 e. The number of carboxylic acid groups (broad SMARTS) is 1. The van der Waals surface area contributed by atoms with Gasteiger partial charge < -0.3 is 25.2 Å². The predicted molar refractivity (Wildman–Crippen MR) is 128 cm³/mol. The van der Waals surface area contributed by atoms with Gasteiger partial charge in [0.15, 0.2) is 0 Å². The van der Waals surface area contributed by atoms with Crippen LogP contribution in [0.1, 0.15) is 43.7 Å². The van der Waals surface area contributed by atoms with Crippen molar-refractivity contribution in [2.75, 3.05) is 26.4 Å². The Kier molecular flexibility index (Phi) is 9.04. The summed E-state index contributed by atoms with van der Waals surface area (Å²) >= 11 is 0. The van der Waals surface area contributed by atoms with Gasteiger partial charge in [0.1, 0.15) is 12.6 Å². The molecule has 0 fully saturated rings. The number of rotatable bonds is 12. The average molecular weight is 469 g/mol. The van der Waals surface area contributed by atoms with Gasteiger partial charge in [0.05, 0.1) is 13.2 Å². The highest BCUT2D eigenvalue weighted by atomic mass is 16.5. The van der Waals surface area contributed by atoms with E-state index in [2.05, 4.69) is 34.9 Å². The van der Waals surface area contributed by atoms with Crippen molar-refractivity contribution in [2.45, 2.75) is 38.6 Å². The number of nitrogens with one attached hydrogen (secondary N) is 2. The quantitative estimate of drug-likeness (QED) is 0.411. The van der Waals surface area contributed by atoms with Crippen molar-refractivity contribution in [1.82, 2.24) is 10.6 Å². The lowest BCUT2D eigenvalue weighted by Gasteiger charge is -2.16. The Labute approximate surface area is 199 Å². The highest BCUT2D eigenvalue weighted by molar-refractivity contribution is 5.83. The molecule has 0 aromatic heterocycles. The van der Waals surface area contributed by atoms with Crippen LogP contribution in [-0.2, 0) is 19.1 Å². The summed E-state index contributed by atoms with van der Waals surface area (Å²) in [7, 11) is 0. The minimum Gasteiger partial charge on any atom is -0.480 e. The number of ether oxygens (including phenoxy) is 2. The number of carboxylic acids is 1. The summed E-state index contributed by atoms with van der Waals surface area (Å²) in [6, 6.07) is 15.4. The molecule has 1 aliphatic rings. The van der Waals surface area contributed by atoms with Crippen molar-refractivity contribution < 1.29 is 29.0 Å². The first-order valence-corrected chi connectivity index (χ1v) is 11.6. The van der Waals surface area contributed by atoms with Crippen LogP contribution in [-0.4, -0.2) is 55.5 Å². The van der Waals surface area contributed by atoms with Crippen molar-refractivity contribution in [3.63, 3.8) is 0 Å². The van der Waals surface area contributed by atoms with Crippen LogP contribution in [0.25, 0.3) is 11.1 Å². The standard InChI is InChI=1S/C26H32N2O6/c1-17(2)15-23(25(30)31)28-24(29)11-13-33-14-12-27-26(32)34-16-22-20-9-5-3-7-18(20)19-8-4-6-10-21(19)22/h3-10,17,22-23H,11-16H2,1-2H3,(H,27,32)(H,28,29)(H,30,31)/t23-/m0/s1.